The molecule has 3 N–H and O–H groups in total. The van der Waals surface area contributed by atoms with Gasteiger partial charge in [-0.3, -0.25) is 9.78 Å². The first-order chi connectivity index (χ1) is 8.90. The maximum Gasteiger partial charge on any atom is 0.348 e. The van der Waals surface area contributed by atoms with E-state index in [0.717, 1.165) is 11.3 Å². The smallest absolute Gasteiger partial charge is 0.348 e. The standard InChI is InChI=1S/C12H15N3O3S/c1-5(2)4-18-11(17)8-6(3)7-9(16)14-12(13)15-10(7)19-8/h5H,4H2,1-3H3,(H3,13,14,15,16). The Morgan fingerprint density at radius 3 is 2.84 bits per heavy atom. The summed E-state index contributed by atoms with van der Waals surface area (Å²) in [6, 6.07) is 0. The van der Waals surface area contributed by atoms with Gasteiger partial charge >= 0.3 is 5.97 Å². The summed E-state index contributed by atoms with van der Waals surface area (Å²) in [5.41, 5.74) is 5.73. The van der Waals surface area contributed by atoms with Gasteiger partial charge in [0.1, 0.15) is 9.71 Å². The summed E-state index contributed by atoms with van der Waals surface area (Å²) in [6.07, 6.45) is 0. The van der Waals surface area contributed by atoms with Gasteiger partial charge < -0.3 is 10.5 Å². The van der Waals surface area contributed by atoms with E-state index in [-0.39, 0.29) is 17.4 Å². The highest BCUT2D eigenvalue weighted by Gasteiger charge is 2.20. The van der Waals surface area contributed by atoms with Gasteiger partial charge in [0.15, 0.2) is 0 Å². The summed E-state index contributed by atoms with van der Waals surface area (Å²) in [6.45, 7) is 5.96. The maximum atomic E-state index is 12.0. The van der Waals surface area contributed by atoms with E-state index < -0.39 is 5.97 Å². The van der Waals surface area contributed by atoms with Crippen LogP contribution in [-0.2, 0) is 4.74 Å². The molecule has 0 fully saturated rings. The lowest BCUT2D eigenvalue weighted by Gasteiger charge is -2.05. The molecule has 0 aliphatic carbocycles. The minimum atomic E-state index is -0.424. The van der Waals surface area contributed by atoms with Crippen molar-refractivity contribution < 1.29 is 9.53 Å². The number of hydrogen-bond donors (Lipinski definition) is 2. The lowest BCUT2D eigenvalue weighted by Crippen LogP contribution is -2.12. The van der Waals surface area contributed by atoms with Gasteiger partial charge in [0.25, 0.3) is 5.56 Å². The second-order valence-electron chi connectivity index (χ2n) is 4.68. The normalized spacial score (nSPS) is 11.2. The van der Waals surface area contributed by atoms with Crippen LogP contribution in [0.3, 0.4) is 0 Å². The Morgan fingerprint density at radius 2 is 2.21 bits per heavy atom. The average Bonchev–Trinajstić information content (AvgIpc) is 2.63. The number of H-pyrrole nitrogens is 1. The Balaban J connectivity index is 2.45. The van der Waals surface area contributed by atoms with Gasteiger partial charge in [0.2, 0.25) is 5.95 Å². The molecule has 0 bridgehead atoms. The molecule has 19 heavy (non-hydrogen) atoms. The van der Waals surface area contributed by atoms with E-state index in [1.807, 2.05) is 13.8 Å². The van der Waals surface area contributed by atoms with Crippen molar-refractivity contribution in [1.82, 2.24) is 9.97 Å². The molecule has 0 unspecified atom stereocenters. The molecule has 0 radical (unpaired) electrons. The molecule has 0 aliphatic heterocycles. The second-order valence-corrected chi connectivity index (χ2v) is 5.68. The van der Waals surface area contributed by atoms with Gasteiger partial charge in [-0.2, -0.15) is 0 Å². The molecule has 0 saturated heterocycles. The van der Waals surface area contributed by atoms with Crippen LogP contribution in [0.1, 0.15) is 29.1 Å². The summed E-state index contributed by atoms with van der Waals surface area (Å²) < 4.78 is 5.17. The SMILES string of the molecule is Cc1c(C(=O)OCC(C)C)sc2nc(N)[nH]c(=O)c12. The highest BCUT2D eigenvalue weighted by Crippen LogP contribution is 2.27. The molecule has 2 aromatic rings. The van der Waals surface area contributed by atoms with E-state index in [1.54, 1.807) is 6.92 Å². The molecule has 102 valence electrons. The fourth-order valence-electron chi connectivity index (χ4n) is 1.66. The number of anilines is 1. The van der Waals surface area contributed by atoms with E-state index in [2.05, 4.69) is 9.97 Å². The minimum absolute atomic E-state index is 0.0425. The van der Waals surface area contributed by atoms with Crippen LogP contribution in [0.2, 0.25) is 0 Å². The molecular formula is C12H15N3O3S. The lowest BCUT2D eigenvalue weighted by atomic mass is 10.2. The van der Waals surface area contributed by atoms with Crippen LogP contribution in [0.15, 0.2) is 4.79 Å². The molecule has 0 atom stereocenters. The van der Waals surface area contributed by atoms with E-state index >= 15 is 0 Å². The number of aromatic amines is 1. The van der Waals surface area contributed by atoms with E-state index in [4.69, 9.17) is 10.5 Å². The number of nitrogens with zero attached hydrogens (tertiary/aromatic N) is 1. The van der Waals surface area contributed by atoms with Crippen LogP contribution in [-0.4, -0.2) is 22.5 Å². The number of esters is 1. The minimum Gasteiger partial charge on any atom is -0.461 e. The summed E-state index contributed by atoms with van der Waals surface area (Å²) in [7, 11) is 0. The maximum absolute atomic E-state index is 12.0. The number of hydrogen-bond acceptors (Lipinski definition) is 6. The van der Waals surface area contributed by atoms with Crippen LogP contribution in [0.25, 0.3) is 10.2 Å². The first-order valence-corrected chi connectivity index (χ1v) is 6.67. The molecule has 2 rings (SSSR count). The number of aryl methyl sites for hydroxylation is 1. The Hall–Kier alpha value is -1.89. The van der Waals surface area contributed by atoms with Gasteiger partial charge in [-0.25, -0.2) is 9.78 Å². The first-order valence-electron chi connectivity index (χ1n) is 5.86. The summed E-state index contributed by atoms with van der Waals surface area (Å²) in [5.74, 6) is -0.121. The summed E-state index contributed by atoms with van der Waals surface area (Å²) in [4.78, 5) is 31.1. The zero-order valence-electron chi connectivity index (χ0n) is 10.9. The van der Waals surface area contributed by atoms with Crippen LogP contribution < -0.4 is 11.3 Å². The zero-order chi connectivity index (χ0) is 14.2. The summed E-state index contributed by atoms with van der Waals surface area (Å²) in [5, 5.41) is 0.399. The van der Waals surface area contributed by atoms with Crippen molar-refractivity contribution in [3.05, 3.63) is 20.8 Å². The fraction of sp³-hybridized carbons (Fsp3) is 0.417. The van der Waals surface area contributed by atoms with E-state index in [1.165, 1.54) is 0 Å². The molecular weight excluding hydrogens is 266 g/mol. The topological polar surface area (TPSA) is 98.1 Å². The number of nitrogen functional groups attached to an aromatic ring is 1. The molecule has 0 spiro atoms. The van der Waals surface area contributed by atoms with Crippen molar-refractivity contribution in [3.8, 4) is 0 Å². The zero-order valence-corrected chi connectivity index (χ0v) is 11.8. The Morgan fingerprint density at radius 1 is 1.53 bits per heavy atom. The monoisotopic (exact) mass is 281 g/mol. The van der Waals surface area contributed by atoms with Crippen LogP contribution in [0, 0.1) is 12.8 Å². The quantitative estimate of drug-likeness (QED) is 0.834. The number of thiophene rings is 1. The fourth-order valence-corrected chi connectivity index (χ4v) is 2.75. The van der Waals surface area contributed by atoms with Crippen LogP contribution >= 0.6 is 11.3 Å². The van der Waals surface area contributed by atoms with Crippen molar-refractivity contribution in [2.75, 3.05) is 12.3 Å². The van der Waals surface area contributed by atoms with E-state index in [9.17, 15) is 9.59 Å². The number of ether oxygens (including phenoxy) is 1. The Labute approximate surface area is 113 Å². The molecule has 2 aromatic heterocycles. The first kappa shape index (κ1) is 13.5. The van der Waals surface area contributed by atoms with Crippen LogP contribution in [0.5, 0.6) is 0 Å². The lowest BCUT2D eigenvalue weighted by molar-refractivity contribution is 0.0464. The van der Waals surface area contributed by atoms with Gasteiger partial charge in [-0.1, -0.05) is 13.8 Å². The molecule has 0 saturated carbocycles. The molecule has 2 heterocycles. The third-order valence-corrected chi connectivity index (χ3v) is 3.72. The van der Waals surface area contributed by atoms with Gasteiger partial charge in [0, 0.05) is 0 Å². The Kier molecular flexibility index (Phi) is 3.57. The molecule has 7 heteroatoms. The third kappa shape index (κ3) is 2.60. The predicted molar refractivity (Wildman–Crippen MR) is 74.5 cm³/mol. The third-order valence-electron chi connectivity index (χ3n) is 2.55. The predicted octanol–water partition coefficient (Wildman–Crippen LogP) is 1.69. The molecule has 0 amide bonds. The number of nitrogens with two attached hydrogens (primary N) is 1. The van der Waals surface area contributed by atoms with Gasteiger partial charge in [-0.05, 0) is 18.4 Å². The number of aromatic nitrogens is 2. The van der Waals surface area contributed by atoms with Crippen molar-refractivity contribution in [3.63, 3.8) is 0 Å². The number of nitrogens with one attached hydrogen (secondary N) is 1. The summed E-state index contributed by atoms with van der Waals surface area (Å²) >= 11 is 1.13. The number of carbonyl (C=O) groups excluding carboxylic acids is 1. The highest BCUT2D eigenvalue weighted by atomic mass is 32.1. The van der Waals surface area contributed by atoms with Gasteiger partial charge in [0.05, 0.1) is 12.0 Å². The molecule has 0 aliphatic rings. The van der Waals surface area contributed by atoms with E-state index in [0.29, 0.717) is 27.3 Å². The average molecular weight is 281 g/mol. The number of fused-ring (bicyclic) bond motifs is 1. The molecule has 6 nitrogen and oxygen atoms in total. The molecule has 0 aromatic carbocycles. The Bertz CT molecular complexity index is 687. The van der Waals surface area contributed by atoms with Crippen LogP contribution in [0.4, 0.5) is 5.95 Å². The number of rotatable bonds is 3. The largest absolute Gasteiger partial charge is 0.461 e. The van der Waals surface area contributed by atoms with Gasteiger partial charge in [-0.15, -0.1) is 11.3 Å². The highest BCUT2D eigenvalue weighted by molar-refractivity contribution is 7.20. The van der Waals surface area contributed by atoms with Crippen molar-refractivity contribution in [2.24, 2.45) is 5.92 Å². The second kappa shape index (κ2) is 5.00. The van der Waals surface area contributed by atoms with Crippen molar-refractivity contribution in [2.45, 2.75) is 20.8 Å². The van der Waals surface area contributed by atoms with Crippen molar-refractivity contribution >= 4 is 33.5 Å². The van der Waals surface area contributed by atoms with Crippen molar-refractivity contribution in [1.29, 1.82) is 0 Å². The number of carbonyl (C=O) groups is 1.